The maximum absolute atomic E-state index is 2.42. The molecule has 0 aliphatic heterocycles. The minimum atomic E-state index is 1.09. The minimum Gasteiger partial charge on any atom is -0.0836 e. The predicted molar refractivity (Wildman–Crippen MR) is 138 cm³/mol. The van der Waals surface area contributed by atoms with Crippen LogP contribution in [-0.4, -0.2) is 0 Å². The Morgan fingerprint density at radius 1 is 0.643 bits per heavy atom. The SMILES string of the molecule is Ic1cccc(-c2c3c(c(-c4cccc(I)c4)c4ccccc24)CCC=C3)c1. The van der Waals surface area contributed by atoms with Crippen LogP contribution in [0.4, 0.5) is 0 Å². The van der Waals surface area contributed by atoms with Gasteiger partial charge in [-0.3, -0.25) is 0 Å². The van der Waals surface area contributed by atoms with Crippen molar-refractivity contribution in [2.75, 3.05) is 0 Å². The number of hydrogen-bond donors (Lipinski definition) is 0. The molecule has 0 nitrogen and oxygen atoms in total. The van der Waals surface area contributed by atoms with Gasteiger partial charge in [-0.15, -0.1) is 0 Å². The molecule has 5 rings (SSSR count). The number of benzene rings is 4. The Balaban J connectivity index is 1.94. The molecule has 0 spiro atoms. The lowest BCUT2D eigenvalue weighted by molar-refractivity contribution is 0.991. The summed E-state index contributed by atoms with van der Waals surface area (Å²) in [5, 5.41) is 2.69. The lowest BCUT2D eigenvalue weighted by Gasteiger charge is -2.24. The molecule has 0 heterocycles. The second-order valence-corrected chi connectivity index (χ2v) is 9.64. The van der Waals surface area contributed by atoms with Gasteiger partial charge >= 0.3 is 0 Å². The van der Waals surface area contributed by atoms with Crippen molar-refractivity contribution in [3.05, 3.63) is 97.1 Å². The molecule has 1 aliphatic rings. The van der Waals surface area contributed by atoms with Crippen LogP contribution >= 0.6 is 45.2 Å². The van der Waals surface area contributed by atoms with Crippen molar-refractivity contribution in [2.45, 2.75) is 12.8 Å². The zero-order valence-electron chi connectivity index (χ0n) is 15.3. The molecule has 2 heteroatoms. The molecule has 0 N–H and O–H groups in total. The van der Waals surface area contributed by atoms with Crippen LogP contribution < -0.4 is 0 Å². The van der Waals surface area contributed by atoms with Crippen LogP contribution in [0.25, 0.3) is 39.1 Å². The summed E-state index contributed by atoms with van der Waals surface area (Å²) in [6.07, 6.45) is 6.87. The fourth-order valence-electron chi connectivity index (χ4n) is 4.31. The van der Waals surface area contributed by atoms with Crippen LogP contribution in [0.1, 0.15) is 17.5 Å². The van der Waals surface area contributed by atoms with Crippen molar-refractivity contribution in [1.29, 1.82) is 0 Å². The summed E-state index contributed by atoms with van der Waals surface area (Å²) in [6.45, 7) is 0. The third-order valence-electron chi connectivity index (χ3n) is 5.43. The van der Waals surface area contributed by atoms with Gasteiger partial charge in [0.2, 0.25) is 0 Å². The fourth-order valence-corrected chi connectivity index (χ4v) is 5.40. The summed E-state index contributed by atoms with van der Waals surface area (Å²) in [6, 6.07) is 26.7. The van der Waals surface area contributed by atoms with Gasteiger partial charge in [0.25, 0.3) is 0 Å². The van der Waals surface area contributed by atoms with E-state index in [0.717, 1.165) is 12.8 Å². The quantitative estimate of drug-likeness (QED) is 0.208. The van der Waals surface area contributed by atoms with Crippen molar-refractivity contribution < 1.29 is 0 Å². The van der Waals surface area contributed by atoms with Crippen LogP contribution in [0.15, 0.2) is 78.9 Å². The third-order valence-corrected chi connectivity index (χ3v) is 6.78. The van der Waals surface area contributed by atoms with Gasteiger partial charge < -0.3 is 0 Å². The van der Waals surface area contributed by atoms with Crippen LogP contribution in [0.5, 0.6) is 0 Å². The van der Waals surface area contributed by atoms with E-state index in [1.165, 1.54) is 51.3 Å². The maximum atomic E-state index is 2.42. The average Bonchev–Trinajstić information content (AvgIpc) is 2.72. The molecule has 0 saturated heterocycles. The van der Waals surface area contributed by atoms with Crippen LogP contribution in [0.2, 0.25) is 0 Å². The lowest BCUT2D eigenvalue weighted by Crippen LogP contribution is -2.02. The summed E-state index contributed by atoms with van der Waals surface area (Å²) in [4.78, 5) is 0. The van der Waals surface area contributed by atoms with Gasteiger partial charge in [-0.1, -0.05) is 60.7 Å². The molecule has 136 valence electrons. The molecule has 4 aromatic carbocycles. The highest BCUT2D eigenvalue weighted by Gasteiger charge is 2.21. The summed E-state index contributed by atoms with van der Waals surface area (Å²) in [5.41, 5.74) is 8.28. The van der Waals surface area contributed by atoms with Crippen molar-refractivity contribution in [1.82, 2.24) is 0 Å². The molecule has 4 aromatic rings. The largest absolute Gasteiger partial charge is 0.0836 e. The number of halogens is 2. The van der Waals surface area contributed by atoms with Gasteiger partial charge in [0.15, 0.2) is 0 Å². The Kier molecular flexibility index (Phi) is 5.01. The maximum Gasteiger partial charge on any atom is 0.0136 e. The molecule has 28 heavy (non-hydrogen) atoms. The molecular formula is C26H18I2. The molecule has 0 amide bonds. The fraction of sp³-hybridized carbons (Fsp3) is 0.0769. The number of allylic oxidation sites excluding steroid dienone is 1. The van der Waals surface area contributed by atoms with E-state index in [1.807, 2.05) is 0 Å². The van der Waals surface area contributed by atoms with E-state index in [-0.39, 0.29) is 0 Å². The lowest BCUT2D eigenvalue weighted by atomic mass is 9.80. The molecule has 0 radical (unpaired) electrons. The highest BCUT2D eigenvalue weighted by atomic mass is 127. The Morgan fingerprint density at radius 3 is 1.89 bits per heavy atom. The molecule has 1 aliphatic carbocycles. The Hall–Kier alpha value is -1.66. The van der Waals surface area contributed by atoms with E-state index >= 15 is 0 Å². The number of rotatable bonds is 2. The molecule has 0 saturated carbocycles. The summed E-state index contributed by atoms with van der Waals surface area (Å²) in [7, 11) is 0. The van der Waals surface area contributed by atoms with Gasteiger partial charge in [-0.2, -0.15) is 0 Å². The molecule has 0 bridgehead atoms. The van der Waals surface area contributed by atoms with E-state index in [4.69, 9.17) is 0 Å². The molecule has 0 aromatic heterocycles. The zero-order valence-corrected chi connectivity index (χ0v) is 19.6. The number of fused-ring (bicyclic) bond motifs is 2. The van der Waals surface area contributed by atoms with Gasteiger partial charge in [0.1, 0.15) is 0 Å². The van der Waals surface area contributed by atoms with Crippen molar-refractivity contribution in [3.63, 3.8) is 0 Å². The molecule has 0 fully saturated rings. The first kappa shape index (κ1) is 18.4. The molecular weight excluding hydrogens is 566 g/mol. The molecule has 0 atom stereocenters. The van der Waals surface area contributed by atoms with Crippen molar-refractivity contribution >= 4 is 62.0 Å². The second kappa shape index (κ2) is 7.64. The highest BCUT2D eigenvalue weighted by Crippen LogP contribution is 2.44. The normalized spacial score (nSPS) is 12.9. The molecule has 0 unspecified atom stereocenters. The predicted octanol–water partition coefficient (Wildman–Crippen LogP) is 8.34. The Labute approximate surface area is 193 Å². The standard InChI is InChI=1S/C26H18I2/c27-19-9-5-7-17(15-19)25-21-11-1-2-12-22(21)26(18-8-6-10-20(28)16-18)24-14-4-3-13-23(24)25/h1-3,5-13,15-16H,4,14H2. The van der Waals surface area contributed by atoms with E-state index in [9.17, 15) is 0 Å². The van der Waals surface area contributed by atoms with Crippen LogP contribution in [0, 0.1) is 7.14 Å². The van der Waals surface area contributed by atoms with E-state index in [2.05, 4.69) is 130 Å². The van der Waals surface area contributed by atoms with Gasteiger partial charge in [0, 0.05) is 7.14 Å². The first-order chi connectivity index (χ1) is 13.7. The van der Waals surface area contributed by atoms with Crippen LogP contribution in [0.3, 0.4) is 0 Å². The summed E-state index contributed by atoms with van der Waals surface area (Å²) >= 11 is 4.83. The Morgan fingerprint density at radius 2 is 1.25 bits per heavy atom. The van der Waals surface area contributed by atoms with E-state index < -0.39 is 0 Å². The first-order valence-corrected chi connectivity index (χ1v) is 11.6. The topological polar surface area (TPSA) is 0 Å². The Bertz CT molecular complexity index is 1230. The average molecular weight is 584 g/mol. The van der Waals surface area contributed by atoms with E-state index in [1.54, 1.807) is 0 Å². The van der Waals surface area contributed by atoms with E-state index in [0.29, 0.717) is 0 Å². The first-order valence-electron chi connectivity index (χ1n) is 9.48. The zero-order chi connectivity index (χ0) is 19.1. The summed E-state index contributed by atoms with van der Waals surface area (Å²) < 4.78 is 2.55. The summed E-state index contributed by atoms with van der Waals surface area (Å²) in [5.74, 6) is 0. The van der Waals surface area contributed by atoms with Crippen LogP contribution in [-0.2, 0) is 6.42 Å². The second-order valence-electron chi connectivity index (χ2n) is 7.15. The van der Waals surface area contributed by atoms with Gasteiger partial charge in [-0.05, 0) is 126 Å². The monoisotopic (exact) mass is 584 g/mol. The third kappa shape index (κ3) is 3.20. The smallest absolute Gasteiger partial charge is 0.0136 e. The highest BCUT2D eigenvalue weighted by molar-refractivity contribution is 14.1. The van der Waals surface area contributed by atoms with Gasteiger partial charge in [0.05, 0.1) is 0 Å². The van der Waals surface area contributed by atoms with Crippen molar-refractivity contribution in [3.8, 4) is 22.3 Å². The number of hydrogen-bond acceptors (Lipinski definition) is 0. The van der Waals surface area contributed by atoms with Crippen molar-refractivity contribution in [2.24, 2.45) is 0 Å². The minimum absolute atomic E-state index is 1.09. The van der Waals surface area contributed by atoms with Gasteiger partial charge in [-0.25, -0.2) is 0 Å².